The summed E-state index contributed by atoms with van der Waals surface area (Å²) in [5.41, 5.74) is 0.761. The molecule has 1 aliphatic rings. The molecular weight excluding hydrogens is 243 g/mol. The second kappa shape index (κ2) is 4.50. The molecule has 1 aromatic carbocycles. The molecule has 0 fully saturated rings. The quantitative estimate of drug-likeness (QED) is 0.693. The number of thiocarbonyl (C=S) groups is 1. The highest BCUT2D eigenvalue weighted by Crippen LogP contribution is 2.18. The highest BCUT2D eigenvalue weighted by Gasteiger charge is 2.20. The van der Waals surface area contributed by atoms with E-state index in [-0.39, 0.29) is 22.7 Å². The lowest BCUT2D eigenvalue weighted by Crippen LogP contribution is -2.43. The first-order valence-electron chi connectivity index (χ1n) is 4.84. The first-order chi connectivity index (χ1) is 8.06. The summed E-state index contributed by atoms with van der Waals surface area (Å²) in [6, 6.07) is 5.43. The van der Waals surface area contributed by atoms with Crippen molar-refractivity contribution < 1.29 is 14.3 Å². The van der Waals surface area contributed by atoms with E-state index in [2.05, 4.69) is 10.6 Å². The van der Waals surface area contributed by atoms with Crippen molar-refractivity contribution in [3.05, 3.63) is 47.4 Å². The van der Waals surface area contributed by atoms with Gasteiger partial charge in [0.25, 0.3) is 0 Å². The SMILES string of the molecule is O=C(O)C1=CC(c2ccc(F)cc2)NC(=S)N1. The lowest BCUT2D eigenvalue weighted by molar-refractivity contribution is -0.133. The van der Waals surface area contributed by atoms with Crippen molar-refractivity contribution in [2.75, 3.05) is 0 Å². The lowest BCUT2D eigenvalue weighted by Gasteiger charge is -2.24. The van der Waals surface area contributed by atoms with Gasteiger partial charge in [0.2, 0.25) is 0 Å². The Hall–Kier alpha value is -1.95. The zero-order valence-corrected chi connectivity index (χ0v) is 9.42. The van der Waals surface area contributed by atoms with Gasteiger partial charge in [0, 0.05) is 0 Å². The molecule has 17 heavy (non-hydrogen) atoms. The van der Waals surface area contributed by atoms with E-state index in [9.17, 15) is 9.18 Å². The Bertz CT molecular complexity index is 499. The number of benzene rings is 1. The van der Waals surface area contributed by atoms with Gasteiger partial charge in [0.1, 0.15) is 11.5 Å². The molecule has 1 aliphatic heterocycles. The van der Waals surface area contributed by atoms with Crippen molar-refractivity contribution in [3.63, 3.8) is 0 Å². The number of carboxylic acids is 1. The molecule has 2 rings (SSSR count). The molecule has 0 spiro atoms. The molecule has 0 bridgehead atoms. The number of hydrogen-bond donors (Lipinski definition) is 3. The number of carbonyl (C=O) groups is 1. The van der Waals surface area contributed by atoms with Crippen molar-refractivity contribution in [1.29, 1.82) is 0 Å². The minimum Gasteiger partial charge on any atom is -0.477 e. The Morgan fingerprint density at radius 3 is 2.59 bits per heavy atom. The zero-order valence-electron chi connectivity index (χ0n) is 8.61. The molecule has 1 heterocycles. The van der Waals surface area contributed by atoms with Crippen LogP contribution in [0.25, 0.3) is 0 Å². The van der Waals surface area contributed by atoms with Crippen LogP contribution in [0.4, 0.5) is 4.39 Å². The first-order valence-corrected chi connectivity index (χ1v) is 5.25. The van der Waals surface area contributed by atoms with E-state index >= 15 is 0 Å². The van der Waals surface area contributed by atoms with Crippen LogP contribution in [-0.4, -0.2) is 16.2 Å². The fraction of sp³-hybridized carbons (Fsp3) is 0.0909. The molecule has 4 nitrogen and oxygen atoms in total. The van der Waals surface area contributed by atoms with Crippen molar-refractivity contribution in [3.8, 4) is 0 Å². The van der Waals surface area contributed by atoms with Crippen LogP contribution in [0.5, 0.6) is 0 Å². The molecule has 3 N–H and O–H groups in total. The second-order valence-electron chi connectivity index (χ2n) is 3.51. The predicted octanol–water partition coefficient (Wildman–Crippen LogP) is 1.31. The van der Waals surface area contributed by atoms with E-state index < -0.39 is 5.97 Å². The highest BCUT2D eigenvalue weighted by atomic mass is 32.1. The maximum Gasteiger partial charge on any atom is 0.352 e. The number of rotatable bonds is 2. The third-order valence-corrected chi connectivity index (χ3v) is 2.55. The van der Waals surface area contributed by atoms with Gasteiger partial charge in [-0.15, -0.1) is 0 Å². The molecule has 6 heteroatoms. The Kier molecular flexibility index (Phi) is 3.06. The molecule has 1 unspecified atom stereocenters. The van der Waals surface area contributed by atoms with E-state index in [1.54, 1.807) is 12.1 Å². The van der Waals surface area contributed by atoms with Gasteiger partial charge in [0.05, 0.1) is 6.04 Å². The van der Waals surface area contributed by atoms with Gasteiger partial charge in [-0.1, -0.05) is 12.1 Å². The molecule has 0 aliphatic carbocycles. The fourth-order valence-corrected chi connectivity index (χ4v) is 1.76. The molecule has 0 amide bonds. The van der Waals surface area contributed by atoms with Crippen LogP contribution in [0.3, 0.4) is 0 Å². The molecule has 1 atom stereocenters. The normalized spacial score (nSPS) is 19.0. The third-order valence-electron chi connectivity index (χ3n) is 2.33. The summed E-state index contributed by atoms with van der Waals surface area (Å²) in [5.74, 6) is -1.42. The second-order valence-corrected chi connectivity index (χ2v) is 3.92. The van der Waals surface area contributed by atoms with Crippen LogP contribution < -0.4 is 10.6 Å². The van der Waals surface area contributed by atoms with Crippen LogP contribution in [0.2, 0.25) is 0 Å². The Labute approximate surface area is 102 Å². The molecule has 0 radical (unpaired) electrons. The van der Waals surface area contributed by atoms with Gasteiger partial charge < -0.3 is 15.7 Å². The summed E-state index contributed by atoms with van der Waals surface area (Å²) in [6.45, 7) is 0. The van der Waals surface area contributed by atoms with Crippen molar-refractivity contribution in [2.24, 2.45) is 0 Å². The van der Waals surface area contributed by atoms with Gasteiger partial charge in [-0.25, -0.2) is 9.18 Å². The third kappa shape index (κ3) is 2.59. The molecule has 88 valence electrons. The molecular formula is C11H9FN2O2S. The van der Waals surface area contributed by atoms with Gasteiger partial charge in [0.15, 0.2) is 5.11 Å². The zero-order chi connectivity index (χ0) is 12.4. The number of hydrogen-bond acceptors (Lipinski definition) is 2. The average molecular weight is 252 g/mol. The molecule has 0 aromatic heterocycles. The monoisotopic (exact) mass is 252 g/mol. The van der Waals surface area contributed by atoms with Crippen LogP contribution in [-0.2, 0) is 4.79 Å². The minimum atomic E-state index is -1.08. The lowest BCUT2D eigenvalue weighted by atomic mass is 10.0. The number of carboxylic acid groups (broad SMARTS) is 1. The number of aliphatic carboxylic acids is 1. The van der Waals surface area contributed by atoms with Crippen molar-refractivity contribution in [1.82, 2.24) is 10.6 Å². The Morgan fingerprint density at radius 1 is 1.35 bits per heavy atom. The summed E-state index contributed by atoms with van der Waals surface area (Å²) >= 11 is 4.90. The summed E-state index contributed by atoms with van der Waals surface area (Å²) in [7, 11) is 0. The van der Waals surface area contributed by atoms with Crippen LogP contribution in [0.15, 0.2) is 36.0 Å². The van der Waals surface area contributed by atoms with E-state index in [1.165, 1.54) is 18.2 Å². The van der Waals surface area contributed by atoms with Crippen LogP contribution in [0.1, 0.15) is 11.6 Å². The molecule has 0 saturated carbocycles. The van der Waals surface area contributed by atoms with Gasteiger partial charge in [-0.3, -0.25) is 0 Å². The van der Waals surface area contributed by atoms with E-state index in [0.29, 0.717) is 0 Å². The van der Waals surface area contributed by atoms with Crippen LogP contribution in [0, 0.1) is 5.82 Å². The fourth-order valence-electron chi connectivity index (χ4n) is 1.52. The largest absolute Gasteiger partial charge is 0.477 e. The average Bonchev–Trinajstić information content (AvgIpc) is 2.29. The first kappa shape index (κ1) is 11.5. The maximum absolute atomic E-state index is 12.8. The van der Waals surface area contributed by atoms with Gasteiger partial charge >= 0.3 is 5.97 Å². The molecule has 0 saturated heterocycles. The van der Waals surface area contributed by atoms with Crippen molar-refractivity contribution in [2.45, 2.75) is 6.04 Å². The van der Waals surface area contributed by atoms with E-state index in [1.807, 2.05) is 0 Å². The maximum atomic E-state index is 12.8. The Morgan fingerprint density at radius 2 is 2.00 bits per heavy atom. The van der Waals surface area contributed by atoms with E-state index in [4.69, 9.17) is 17.3 Å². The molecule has 1 aromatic rings. The summed E-state index contributed by atoms with van der Waals surface area (Å²) in [5, 5.41) is 14.6. The van der Waals surface area contributed by atoms with Crippen molar-refractivity contribution >= 4 is 23.3 Å². The smallest absolute Gasteiger partial charge is 0.352 e. The summed E-state index contributed by atoms with van der Waals surface area (Å²) < 4.78 is 12.8. The summed E-state index contributed by atoms with van der Waals surface area (Å²) in [4.78, 5) is 10.9. The summed E-state index contributed by atoms with van der Waals surface area (Å²) in [6.07, 6.45) is 1.49. The topological polar surface area (TPSA) is 61.4 Å². The minimum absolute atomic E-state index is 0.0167. The van der Waals surface area contributed by atoms with Crippen LogP contribution >= 0.6 is 12.2 Å². The predicted molar refractivity (Wildman–Crippen MR) is 63.7 cm³/mol. The number of halogens is 1. The number of nitrogens with one attached hydrogen (secondary N) is 2. The van der Waals surface area contributed by atoms with Gasteiger partial charge in [-0.05, 0) is 36.0 Å². The van der Waals surface area contributed by atoms with E-state index in [0.717, 1.165) is 5.56 Å². The standard InChI is InChI=1S/C11H9FN2O2S/c12-7-3-1-6(2-4-7)8-5-9(10(15)16)14-11(17)13-8/h1-5,8H,(H,15,16)(H2,13,14,17). The van der Waals surface area contributed by atoms with Gasteiger partial charge in [-0.2, -0.15) is 0 Å². The Balaban J connectivity index is 2.32. The highest BCUT2D eigenvalue weighted by molar-refractivity contribution is 7.80.